The van der Waals surface area contributed by atoms with Gasteiger partial charge in [-0.05, 0) is 30.0 Å². The normalized spacial score (nSPS) is 19.7. The van der Waals surface area contributed by atoms with Crippen LogP contribution in [0.15, 0.2) is 29.3 Å². The molecule has 0 aromatic heterocycles. The highest BCUT2D eigenvalue weighted by Gasteiger charge is 2.22. The van der Waals surface area contributed by atoms with E-state index in [0.717, 1.165) is 71.7 Å². The summed E-state index contributed by atoms with van der Waals surface area (Å²) in [7, 11) is 1.84. The average Bonchev–Trinajstić information content (AvgIpc) is 2.79. The molecule has 30 heavy (non-hydrogen) atoms. The molecule has 7 heteroatoms. The third kappa shape index (κ3) is 7.15. The molecule has 1 atom stereocenters. The summed E-state index contributed by atoms with van der Waals surface area (Å²) in [4.78, 5) is 9.35. The Morgan fingerprint density at radius 3 is 2.20 bits per heavy atom. The third-order valence-corrected chi connectivity index (χ3v) is 5.81. The molecule has 0 bridgehead atoms. The van der Waals surface area contributed by atoms with E-state index in [1.165, 1.54) is 17.7 Å². The van der Waals surface area contributed by atoms with Crippen molar-refractivity contribution >= 4 is 11.6 Å². The fourth-order valence-electron chi connectivity index (χ4n) is 4.12. The van der Waals surface area contributed by atoms with Gasteiger partial charge in [-0.15, -0.1) is 0 Å². The average molecular weight is 418 g/mol. The summed E-state index contributed by atoms with van der Waals surface area (Å²) in [6.07, 6.45) is 1.17. The fraction of sp³-hybridized carbons (Fsp3) is 0.696. The van der Waals surface area contributed by atoms with E-state index in [4.69, 9.17) is 9.47 Å². The standard InChI is InChI=1S/C23H39N5O2/c1-19(2)16-22(28-10-14-30-15-11-28)18-26-23(24-3)25-17-20-4-6-21(7-5-20)27-8-12-29-13-9-27/h4-7,19,22H,8-18H2,1-3H3,(H2,24,25,26). The van der Waals surface area contributed by atoms with Gasteiger partial charge in [0.15, 0.2) is 5.96 Å². The van der Waals surface area contributed by atoms with Crippen molar-refractivity contribution in [2.45, 2.75) is 32.9 Å². The second kappa shape index (κ2) is 12.1. The summed E-state index contributed by atoms with van der Waals surface area (Å²) < 4.78 is 11.0. The van der Waals surface area contributed by atoms with Crippen LogP contribution in [0.5, 0.6) is 0 Å². The number of hydrogen-bond donors (Lipinski definition) is 2. The van der Waals surface area contributed by atoms with Crippen LogP contribution in [-0.2, 0) is 16.0 Å². The third-order valence-electron chi connectivity index (χ3n) is 5.81. The van der Waals surface area contributed by atoms with Crippen LogP contribution in [0.4, 0.5) is 5.69 Å². The van der Waals surface area contributed by atoms with Crippen molar-refractivity contribution < 1.29 is 9.47 Å². The lowest BCUT2D eigenvalue weighted by Gasteiger charge is -2.35. The molecule has 2 aliphatic heterocycles. The number of rotatable bonds is 8. The molecule has 1 aromatic rings. The van der Waals surface area contributed by atoms with Gasteiger partial charge < -0.3 is 25.0 Å². The van der Waals surface area contributed by atoms with Gasteiger partial charge in [-0.25, -0.2) is 0 Å². The van der Waals surface area contributed by atoms with Crippen molar-refractivity contribution in [3.05, 3.63) is 29.8 Å². The van der Waals surface area contributed by atoms with Crippen molar-refractivity contribution in [2.75, 3.05) is 71.1 Å². The van der Waals surface area contributed by atoms with Crippen LogP contribution >= 0.6 is 0 Å². The first-order chi connectivity index (χ1) is 14.7. The van der Waals surface area contributed by atoms with Gasteiger partial charge in [0.25, 0.3) is 0 Å². The molecule has 0 radical (unpaired) electrons. The van der Waals surface area contributed by atoms with Crippen LogP contribution in [0.2, 0.25) is 0 Å². The van der Waals surface area contributed by atoms with E-state index in [1.807, 2.05) is 7.05 Å². The topological polar surface area (TPSA) is 61.4 Å². The van der Waals surface area contributed by atoms with Crippen LogP contribution in [0.25, 0.3) is 0 Å². The molecule has 7 nitrogen and oxygen atoms in total. The highest BCUT2D eigenvalue weighted by atomic mass is 16.5. The first-order valence-electron chi connectivity index (χ1n) is 11.3. The minimum Gasteiger partial charge on any atom is -0.379 e. The van der Waals surface area contributed by atoms with Crippen LogP contribution in [0.1, 0.15) is 25.8 Å². The number of aliphatic imine (C=N–C) groups is 1. The Labute approximate surface area is 181 Å². The highest BCUT2D eigenvalue weighted by Crippen LogP contribution is 2.17. The number of nitrogens with one attached hydrogen (secondary N) is 2. The van der Waals surface area contributed by atoms with E-state index in [0.29, 0.717) is 12.0 Å². The lowest BCUT2D eigenvalue weighted by Crippen LogP contribution is -2.50. The minimum atomic E-state index is 0.500. The fourth-order valence-corrected chi connectivity index (χ4v) is 4.12. The smallest absolute Gasteiger partial charge is 0.191 e. The number of anilines is 1. The molecule has 2 N–H and O–H groups in total. The number of hydrogen-bond acceptors (Lipinski definition) is 5. The summed E-state index contributed by atoms with van der Waals surface area (Å²) >= 11 is 0. The van der Waals surface area contributed by atoms with Crippen molar-refractivity contribution in [1.29, 1.82) is 0 Å². The van der Waals surface area contributed by atoms with Gasteiger partial charge in [0.05, 0.1) is 26.4 Å². The Hall–Kier alpha value is -1.83. The zero-order valence-corrected chi connectivity index (χ0v) is 18.9. The van der Waals surface area contributed by atoms with E-state index >= 15 is 0 Å². The van der Waals surface area contributed by atoms with Gasteiger partial charge in [0, 0.05) is 58.0 Å². The van der Waals surface area contributed by atoms with E-state index < -0.39 is 0 Å². The van der Waals surface area contributed by atoms with Gasteiger partial charge in [-0.1, -0.05) is 26.0 Å². The van der Waals surface area contributed by atoms with Crippen LogP contribution in [0, 0.1) is 5.92 Å². The molecule has 0 saturated carbocycles. The maximum Gasteiger partial charge on any atom is 0.191 e. The van der Waals surface area contributed by atoms with Crippen LogP contribution in [-0.4, -0.2) is 83.1 Å². The van der Waals surface area contributed by atoms with Crippen molar-refractivity contribution in [2.24, 2.45) is 10.9 Å². The van der Waals surface area contributed by atoms with Crippen molar-refractivity contribution in [3.63, 3.8) is 0 Å². The van der Waals surface area contributed by atoms with Crippen molar-refractivity contribution in [1.82, 2.24) is 15.5 Å². The molecule has 0 spiro atoms. The first-order valence-corrected chi connectivity index (χ1v) is 11.3. The molecule has 2 heterocycles. The Morgan fingerprint density at radius 2 is 1.60 bits per heavy atom. The first kappa shape index (κ1) is 22.8. The Morgan fingerprint density at radius 1 is 0.967 bits per heavy atom. The van der Waals surface area contributed by atoms with E-state index in [2.05, 4.69) is 63.5 Å². The van der Waals surface area contributed by atoms with E-state index in [9.17, 15) is 0 Å². The molecule has 0 aliphatic carbocycles. The van der Waals surface area contributed by atoms with Gasteiger partial charge in [0.2, 0.25) is 0 Å². The number of benzene rings is 1. The predicted octanol–water partition coefficient (Wildman–Crippen LogP) is 1.94. The number of nitrogens with zero attached hydrogens (tertiary/aromatic N) is 3. The Balaban J connectivity index is 1.47. The molecule has 2 saturated heterocycles. The largest absolute Gasteiger partial charge is 0.379 e. The van der Waals surface area contributed by atoms with Gasteiger partial charge in [-0.3, -0.25) is 9.89 Å². The molecular weight excluding hydrogens is 378 g/mol. The quantitative estimate of drug-likeness (QED) is 0.498. The van der Waals surface area contributed by atoms with E-state index in [1.54, 1.807) is 0 Å². The summed E-state index contributed by atoms with van der Waals surface area (Å²) in [5.41, 5.74) is 2.52. The molecule has 2 aliphatic rings. The lowest BCUT2D eigenvalue weighted by atomic mass is 10.0. The molecule has 3 rings (SSSR count). The number of morpholine rings is 2. The predicted molar refractivity (Wildman–Crippen MR) is 123 cm³/mol. The number of ether oxygens (including phenoxy) is 2. The molecule has 1 unspecified atom stereocenters. The summed E-state index contributed by atoms with van der Waals surface area (Å²) in [6.45, 7) is 13.5. The SMILES string of the molecule is CN=C(NCc1ccc(N2CCOCC2)cc1)NCC(CC(C)C)N1CCOCC1. The molecule has 0 amide bonds. The van der Waals surface area contributed by atoms with Gasteiger partial charge >= 0.3 is 0 Å². The van der Waals surface area contributed by atoms with Gasteiger partial charge in [-0.2, -0.15) is 0 Å². The highest BCUT2D eigenvalue weighted by molar-refractivity contribution is 5.79. The molecule has 168 valence electrons. The zero-order valence-electron chi connectivity index (χ0n) is 18.9. The Bertz CT molecular complexity index is 637. The van der Waals surface area contributed by atoms with Crippen LogP contribution < -0.4 is 15.5 Å². The van der Waals surface area contributed by atoms with Crippen LogP contribution in [0.3, 0.4) is 0 Å². The molecule has 2 fully saturated rings. The molecule has 1 aromatic carbocycles. The summed E-state index contributed by atoms with van der Waals surface area (Å²) in [6, 6.07) is 9.30. The maximum atomic E-state index is 5.53. The summed E-state index contributed by atoms with van der Waals surface area (Å²) in [5, 5.41) is 7.00. The lowest BCUT2D eigenvalue weighted by molar-refractivity contribution is 0.0132. The van der Waals surface area contributed by atoms with Crippen molar-refractivity contribution in [3.8, 4) is 0 Å². The second-order valence-electron chi connectivity index (χ2n) is 8.50. The number of guanidine groups is 1. The zero-order chi connectivity index (χ0) is 21.2. The maximum absolute atomic E-state index is 5.53. The molecular formula is C23H39N5O2. The monoisotopic (exact) mass is 417 g/mol. The minimum absolute atomic E-state index is 0.500. The van der Waals surface area contributed by atoms with E-state index in [-0.39, 0.29) is 0 Å². The Kier molecular flexibility index (Phi) is 9.24. The second-order valence-corrected chi connectivity index (χ2v) is 8.50. The summed E-state index contributed by atoms with van der Waals surface area (Å²) in [5.74, 6) is 1.52. The van der Waals surface area contributed by atoms with Gasteiger partial charge in [0.1, 0.15) is 0 Å².